The fraction of sp³-hybridized carbons (Fsp3) is 0.165. The molecule has 3 aromatic heterocycles. The van der Waals surface area contributed by atoms with Gasteiger partial charge in [0, 0.05) is 23.9 Å². The van der Waals surface area contributed by atoms with Crippen LogP contribution in [-0.2, 0) is 36.8 Å². The van der Waals surface area contributed by atoms with Gasteiger partial charge < -0.3 is 30.6 Å². The maximum atomic E-state index is 11.5. The third-order valence-electron chi connectivity index (χ3n) is 24.1. The summed E-state index contributed by atoms with van der Waals surface area (Å²) in [5.74, 6) is -4.08. The number of aromatic nitrogens is 5. The summed E-state index contributed by atoms with van der Waals surface area (Å²) in [5.41, 5.74) is 38.8. The molecule has 0 radical (unpaired) electrons. The number of aliphatic carboxylic acids is 3. The van der Waals surface area contributed by atoms with E-state index in [1.807, 2.05) is 244 Å². The number of carbonyl (C=O) groups is 6. The lowest BCUT2D eigenvalue weighted by Gasteiger charge is -2.15. The average Bonchev–Trinajstić information content (AvgIpc) is 1.63. The molecule has 0 amide bonds. The first kappa shape index (κ1) is 95.2. The topological polar surface area (TPSA) is 322 Å². The Hall–Kier alpha value is -16.4. The fourth-order valence-electron chi connectivity index (χ4n) is 17.6. The number of rotatable bonds is 11. The van der Waals surface area contributed by atoms with E-state index in [0.717, 1.165) is 145 Å². The van der Waals surface area contributed by atoms with Crippen LogP contribution in [0.1, 0.15) is 182 Å². The molecule has 0 atom stereocenters. The molecule has 0 spiro atoms. The van der Waals surface area contributed by atoms with E-state index in [9.17, 15) is 44.1 Å². The molecular weight excluding hydrogens is 1680 g/mol. The molecule has 0 aliphatic heterocycles. The van der Waals surface area contributed by atoms with E-state index in [-0.39, 0.29) is 18.5 Å². The van der Waals surface area contributed by atoms with Gasteiger partial charge in [0.05, 0.1) is 23.1 Å². The summed E-state index contributed by atoms with van der Waals surface area (Å²) in [7, 11) is 0. The maximum Gasteiger partial charge on any atom is 0.373 e. The van der Waals surface area contributed by atoms with Crippen LogP contribution < -0.4 is 0 Å². The molecule has 0 saturated heterocycles. The van der Waals surface area contributed by atoms with Gasteiger partial charge in [0.1, 0.15) is 23.2 Å². The smallest absolute Gasteiger partial charge is 0.373 e. The minimum absolute atomic E-state index is 0.119. The van der Waals surface area contributed by atoms with Gasteiger partial charge in [-0.25, -0.2) is 29.3 Å². The highest BCUT2D eigenvalue weighted by atomic mass is 16.4. The molecule has 134 heavy (non-hydrogen) atoms. The summed E-state index contributed by atoms with van der Waals surface area (Å²) < 4.78 is 0. The standard InChI is InChI=1S/C22H18O2.C21H17N5.3C16H14O2.C13H12O2.C10H12O2.CO2/c1-13-3-9-17-18-10-4-14(2)12-20(18)21(19(17)11-13)15-5-7-16(8-6-15)22(23)24;1-14-9-10-15(2)16(13-14)19-24-20(17-7-3-5-11-22-17)26-21(25-19)18-8-4-6-12-23-18;2*1-9-3-5-11-12-6-4-10(2)8-14(12)15(16(17)18)13(11)7-9;1-9-3-4-13-11(5-9)7-12-6-10(2)14(16(17)18)8-15(12)13;1-8-3-6-11-10(7-8)5-4-9(2)12(11)13(14)15;1-7-3-4-8(2)9(5-7)6-10(11)12;2-1-3/h3-12,21H,1-2H3,(H,23,24);3-13H,1-2H3;2*3-8,15H,1-2H3,(H,17,18);3-6,8H,7H2,1-2H3,(H,17,18);3-7H,1-2H3,(H,14,15);3-5H,6H2,1-2H3,(H,11,12);. The van der Waals surface area contributed by atoms with Crippen LogP contribution in [-0.4, -0.2) is 97.5 Å². The molecule has 13 aromatic carbocycles. The Kier molecular flexibility index (Phi) is 29.6. The highest BCUT2D eigenvalue weighted by molar-refractivity contribution is 6.05. The van der Waals surface area contributed by atoms with Gasteiger partial charge >= 0.3 is 42.0 Å². The number of carboxylic acids is 6. The third kappa shape index (κ3) is 21.7. The maximum absolute atomic E-state index is 11.5. The first-order chi connectivity index (χ1) is 64.1. The number of carbonyl (C=O) groups excluding carboxylic acids is 2. The van der Waals surface area contributed by atoms with Crippen molar-refractivity contribution in [1.82, 2.24) is 24.9 Å². The quantitative estimate of drug-likeness (QED) is 0.0701. The van der Waals surface area contributed by atoms with Crippen LogP contribution in [0.5, 0.6) is 0 Å². The largest absolute Gasteiger partial charge is 0.481 e. The first-order valence-electron chi connectivity index (χ1n) is 43.6. The molecule has 20 rings (SSSR count). The number of fused-ring (bicyclic) bond motifs is 13. The third-order valence-corrected chi connectivity index (χ3v) is 24.1. The number of aryl methyl sites for hydroxylation is 14. The van der Waals surface area contributed by atoms with Crippen molar-refractivity contribution in [2.75, 3.05) is 0 Å². The van der Waals surface area contributed by atoms with E-state index in [4.69, 9.17) is 24.9 Å². The molecule has 0 unspecified atom stereocenters. The van der Waals surface area contributed by atoms with E-state index in [0.29, 0.717) is 45.6 Å². The molecule has 3 heterocycles. The minimum atomic E-state index is -0.888. The molecule has 0 fully saturated rings. The Balaban J connectivity index is 0.000000133. The van der Waals surface area contributed by atoms with E-state index in [1.165, 1.54) is 55.6 Å². The number of hydrogen-bond donors (Lipinski definition) is 6. The van der Waals surface area contributed by atoms with Crippen molar-refractivity contribution in [2.45, 2.75) is 128 Å². The lowest BCUT2D eigenvalue weighted by atomic mass is 9.88. The van der Waals surface area contributed by atoms with Gasteiger partial charge in [-0.2, -0.15) is 9.59 Å². The molecular formula is C115H101N5O14. The first-order valence-corrected chi connectivity index (χ1v) is 43.6. The van der Waals surface area contributed by atoms with Crippen molar-refractivity contribution in [3.63, 3.8) is 0 Å². The second kappa shape index (κ2) is 41.6. The molecule has 16 aromatic rings. The number of carboxylic acid groups (broad SMARTS) is 6. The zero-order valence-corrected chi connectivity index (χ0v) is 76.9. The van der Waals surface area contributed by atoms with Crippen molar-refractivity contribution in [2.24, 2.45) is 0 Å². The van der Waals surface area contributed by atoms with E-state index in [1.54, 1.807) is 24.5 Å². The van der Waals surface area contributed by atoms with Crippen LogP contribution >= 0.6 is 0 Å². The van der Waals surface area contributed by atoms with Crippen LogP contribution in [0.3, 0.4) is 0 Å². The molecule has 19 nitrogen and oxygen atoms in total. The van der Waals surface area contributed by atoms with Gasteiger partial charge in [-0.05, 0) is 285 Å². The minimum Gasteiger partial charge on any atom is -0.481 e. The fourth-order valence-corrected chi connectivity index (χ4v) is 17.6. The van der Waals surface area contributed by atoms with Crippen LogP contribution in [0, 0.1) is 96.9 Å². The predicted molar refractivity (Wildman–Crippen MR) is 522 cm³/mol. The number of nitrogens with zero attached hydrogens (tertiary/aromatic N) is 5. The second-order valence-corrected chi connectivity index (χ2v) is 34.3. The Labute approximate surface area is 778 Å². The van der Waals surface area contributed by atoms with Crippen molar-refractivity contribution in [3.05, 3.63) is 430 Å². The lowest BCUT2D eigenvalue weighted by Crippen LogP contribution is -2.10. The van der Waals surface area contributed by atoms with Gasteiger partial charge in [-0.1, -0.05) is 274 Å². The predicted octanol–water partition coefficient (Wildman–Crippen LogP) is 24.5. The Bertz CT molecular complexity index is 6970. The van der Waals surface area contributed by atoms with E-state index >= 15 is 0 Å². The second-order valence-electron chi connectivity index (χ2n) is 34.3. The number of pyridine rings is 2. The monoisotopic (exact) mass is 1780 g/mol. The normalized spacial score (nSPS) is 11.7. The summed E-state index contributed by atoms with van der Waals surface area (Å²) in [4.78, 5) is 106. The Morgan fingerprint density at radius 3 is 1.13 bits per heavy atom. The molecule has 0 bridgehead atoms. The number of benzene rings is 13. The van der Waals surface area contributed by atoms with E-state index in [2.05, 4.69) is 132 Å². The summed E-state index contributed by atoms with van der Waals surface area (Å²) in [5, 5.41) is 56.8. The molecule has 4 aliphatic carbocycles. The van der Waals surface area contributed by atoms with E-state index < -0.39 is 47.7 Å². The Morgan fingerprint density at radius 1 is 0.321 bits per heavy atom. The van der Waals surface area contributed by atoms with Crippen LogP contribution in [0.25, 0.3) is 89.7 Å². The van der Waals surface area contributed by atoms with Gasteiger partial charge in [-0.15, -0.1) is 0 Å². The van der Waals surface area contributed by atoms with Crippen LogP contribution in [0.2, 0.25) is 0 Å². The number of hydrogen-bond acceptors (Lipinski definition) is 13. The Morgan fingerprint density at radius 2 is 0.701 bits per heavy atom. The highest BCUT2D eigenvalue weighted by Crippen LogP contribution is 2.51. The summed E-state index contributed by atoms with van der Waals surface area (Å²) in [6.45, 7) is 28.0. The van der Waals surface area contributed by atoms with Crippen molar-refractivity contribution < 1.29 is 69.0 Å². The zero-order valence-electron chi connectivity index (χ0n) is 76.9. The molecule has 0 saturated carbocycles. The SMILES string of the molecule is Cc1ccc(C)c(-c2nc(-c3ccccn3)nc(-c3ccccn3)n2)c1.Cc1ccc(C)c(CC(=O)O)c1.Cc1ccc2c(C(=O)O)c(C)ccc2c1.Cc1ccc2c(c1)C(C(=O)O)c1cc(C)ccc1-2.Cc1ccc2c(c1)C(C(=O)O)c1cc(C)ccc1-2.Cc1ccc2c(c1)C(c1ccc(C(=O)O)cc1)c1cc(C)ccc1-2.Cc1ccc2c(c1)Cc1cc(C)c(C(=O)O)cc1-2.O=C=O. The number of aromatic carboxylic acids is 3. The summed E-state index contributed by atoms with van der Waals surface area (Å²) in [6.07, 6.45) is 4.74. The van der Waals surface area contributed by atoms with Crippen molar-refractivity contribution in [3.8, 4) is 78.9 Å². The van der Waals surface area contributed by atoms with Gasteiger partial charge in [-0.3, -0.25) is 24.4 Å². The van der Waals surface area contributed by atoms with Crippen LogP contribution in [0.15, 0.2) is 279 Å². The molecule has 4 aliphatic rings. The molecule has 6 N–H and O–H groups in total. The summed E-state index contributed by atoms with van der Waals surface area (Å²) >= 11 is 0. The van der Waals surface area contributed by atoms with Gasteiger partial charge in [0.2, 0.25) is 0 Å². The molecule has 19 heteroatoms. The van der Waals surface area contributed by atoms with Crippen molar-refractivity contribution in [1.29, 1.82) is 0 Å². The van der Waals surface area contributed by atoms with Gasteiger partial charge in [0.25, 0.3) is 0 Å². The van der Waals surface area contributed by atoms with Crippen LogP contribution in [0.4, 0.5) is 0 Å². The zero-order chi connectivity index (χ0) is 96.2. The average molecular weight is 1780 g/mol. The van der Waals surface area contributed by atoms with Crippen molar-refractivity contribution >= 4 is 52.7 Å². The molecule has 670 valence electrons. The summed E-state index contributed by atoms with van der Waals surface area (Å²) in [6, 6.07) is 88.0. The lowest BCUT2D eigenvalue weighted by molar-refractivity contribution is -0.191. The highest BCUT2D eigenvalue weighted by Gasteiger charge is 2.36. The van der Waals surface area contributed by atoms with Gasteiger partial charge in [0.15, 0.2) is 17.5 Å².